The van der Waals surface area contributed by atoms with Gasteiger partial charge in [0.2, 0.25) is 0 Å². The standard InChI is InChI=1S/C21H28O5/c1-19-7-5-16-14(15(19)6-8-21(19,26)18(25)11-22)4-3-12-9-13(23)10-17(24)20(12,16)2/h9-10,14-16,22,24,26H,3-8,11H2,1-2H3/t14-,15-,16-,19-,20-,21-/m0/s1. The van der Waals surface area contributed by atoms with Crippen molar-refractivity contribution in [3.63, 3.8) is 0 Å². The molecular weight excluding hydrogens is 332 g/mol. The number of hydrogen-bond acceptors (Lipinski definition) is 5. The average molecular weight is 360 g/mol. The maximum Gasteiger partial charge on any atom is 0.190 e. The van der Waals surface area contributed by atoms with Gasteiger partial charge in [-0.25, -0.2) is 0 Å². The number of allylic oxidation sites excluding steroid dienone is 3. The van der Waals surface area contributed by atoms with Gasteiger partial charge in [0, 0.05) is 16.9 Å². The lowest BCUT2D eigenvalue weighted by molar-refractivity contribution is -0.164. The molecule has 0 unspecified atom stereocenters. The molecule has 0 aliphatic heterocycles. The zero-order valence-electron chi connectivity index (χ0n) is 15.5. The Labute approximate surface area is 153 Å². The average Bonchev–Trinajstić information content (AvgIpc) is 2.88. The van der Waals surface area contributed by atoms with Crippen LogP contribution in [0.4, 0.5) is 0 Å². The van der Waals surface area contributed by atoms with Crippen molar-refractivity contribution in [1.29, 1.82) is 0 Å². The van der Waals surface area contributed by atoms with Crippen molar-refractivity contribution >= 4 is 11.6 Å². The summed E-state index contributed by atoms with van der Waals surface area (Å²) in [7, 11) is 0. The summed E-state index contributed by atoms with van der Waals surface area (Å²) in [5, 5.41) is 31.2. The van der Waals surface area contributed by atoms with E-state index in [2.05, 4.69) is 0 Å². The largest absolute Gasteiger partial charge is 0.511 e. The van der Waals surface area contributed by atoms with E-state index in [1.54, 1.807) is 6.08 Å². The van der Waals surface area contributed by atoms with Crippen LogP contribution in [0.1, 0.15) is 52.4 Å². The molecule has 5 heteroatoms. The fourth-order valence-electron chi connectivity index (χ4n) is 6.91. The first-order valence-electron chi connectivity index (χ1n) is 9.71. The number of ketones is 2. The second-order valence-electron chi connectivity index (χ2n) is 9.16. The lowest BCUT2D eigenvalue weighted by Gasteiger charge is -2.58. The molecule has 4 aliphatic carbocycles. The zero-order chi connectivity index (χ0) is 18.9. The summed E-state index contributed by atoms with van der Waals surface area (Å²) in [5.41, 5.74) is -1.48. The fraction of sp³-hybridized carbons (Fsp3) is 0.714. The summed E-state index contributed by atoms with van der Waals surface area (Å²) in [6, 6.07) is 0. The Balaban J connectivity index is 1.72. The highest BCUT2D eigenvalue weighted by Gasteiger charge is 2.66. The number of aliphatic hydroxyl groups excluding tert-OH is 2. The number of rotatable bonds is 2. The van der Waals surface area contributed by atoms with Crippen LogP contribution < -0.4 is 0 Å². The van der Waals surface area contributed by atoms with E-state index < -0.39 is 28.8 Å². The fourth-order valence-corrected chi connectivity index (χ4v) is 6.91. The highest BCUT2D eigenvalue weighted by atomic mass is 16.3. The van der Waals surface area contributed by atoms with Gasteiger partial charge in [-0.05, 0) is 69.3 Å². The van der Waals surface area contributed by atoms with Crippen LogP contribution in [0.5, 0.6) is 0 Å². The Morgan fingerprint density at radius 3 is 2.54 bits per heavy atom. The van der Waals surface area contributed by atoms with E-state index in [0.29, 0.717) is 18.8 Å². The Morgan fingerprint density at radius 2 is 1.85 bits per heavy atom. The van der Waals surface area contributed by atoms with Gasteiger partial charge in [0.25, 0.3) is 0 Å². The third-order valence-electron chi connectivity index (χ3n) is 8.48. The molecule has 0 aromatic rings. The molecule has 3 N–H and O–H groups in total. The van der Waals surface area contributed by atoms with Crippen LogP contribution in [0, 0.1) is 28.6 Å². The first kappa shape index (κ1) is 17.9. The molecule has 0 radical (unpaired) electrons. The minimum absolute atomic E-state index is 0.141. The first-order chi connectivity index (χ1) is 12.2. The normalized spacial score (nSPS) is 47.4. The van der Waals surface area contributed by atoms with Gasteiger partial charge >= 0.3 is 0 Å². The summed E-state index contributed by atoms with van der Waals surface area (Å²) in [5.74, 6) is 0.243. The molecule has 4 rings (SSSR count). The smallest absolute Gasteiger partial charge is 0.190 e. The van der Waals surface area contributed by atoms with Gasteiger partial charge in [0.15, 0.2) is 11.6 Å². The van der Waals surface area contributed by atoms with E-state index in [0.717, 1.165) is 31.3 Å². The summed E-state index contributed by atoms with van der Waals surface area (Å²) in [6.07, 6.45) is 7.35. The number of Topliss-reactive ketones (excluding diaryl/α,β-unsaturated/α-hetero) is 1. The number of carbonyl (C=O) groups excluding carboxylic acids is 2. The molecule has 0 bridgehead atoms. The molecular formula is C21H28O5. The van der Waals surface area contributed by atoms with Gasteiger partial charge in [-0.15, -0.1) is 0 Å². The molecule has 6 atom stereocenters. The number of fused-ring (bicyclic) bond motifs is 5. The second kappa shape index (κ2) is 5.52. The molecule has 3 saturated carbocycles. The van der Waals surface area contributed by atoms with Gasteiger partial charge in [-0.3, -0.25) is 9.59 Å². The monoisotopic (exact) mass is 360 g/mol. The zero-order valence-corrected chi connectivity index (χ0v) is 15.5. The molecule has 0 spiro atoms. The highest BCUT2D eigenvalue weighted by molar-refractivity contribution is 6.01. The van der Waals surface area contributed by atoms with Gasteiger partial charge in [-0.1, -0.05) is 12.5 Å². The quantitative estimate of drug-likeness (QED) is 0.703. The molecule has 3 fully saturated rings. The maximum atomic E-state index is 12.3. The summed E-state index contributed by atoms with van der Waals surface area (Å²) in [4.78, 5) is 24.2. The van der Waals surface area contributed by atoms with E-state index in [1.807, 2.05) is 13.8 Å². The lowest BCUT2D eigenvalue weighted by Crippen LogP contribution is -2.58. The van der Waals surface area contributed by atoms with E-state index in [1.165, 1.54) is 6.08 Å². The van der Waals surface area contributed by atoms with Crippen LogP contribution >= 0.6 is 0 Å². The molecule has 142 valence electrons. The van der Waals surface area contributed by atoms with Crippen LogP contribution in [0.3, 0.4) is 0 Å². The maximum absolute atomic E-state index is 12.3. The third kappa shape index (κ3) is 1.99. The van der Waals surface area contributed by atoms with Crippen molar-refractivity contribution in [3.8, 4) is 0 Å². The number of carbonyl (C=O) groups is 2. The van der Waals surface area contributed by atoms with E-state index in [4.69, 9.17) is 0 Å². The van der Waals surface area contributed by atoms with Crippen molar-refractivity contribution in [2.24, 2.45) is 28.6 Å². The summed E-state index contributed by atoms with van der Waals surface area (Å²) >= 11 is 0. The number of aliphatic hydroxyl groups is 3. The van der Waals surface area contributed by atoms with Crippen LogP contribution in [-0.2, 0) is 9.59 Å². The molecule has 0 aromatic carbocycles. The lowest BCUT2D eigenvalue weighted by atomic mass is 9.46. The molecule has 0 saturated heterocycles. The minimum atomic E-state index is -1.45. The molecule has 0 aromatic heterocycles. The topological polar surface area (TPSA) is 94.8 Å². The first-order valence-corrected chi connectivity index (χ1v) is 9.71. The van der Waals surface area contributed by atoms with E-state index in [-0.39, 0.29) is 23.4 Å². The van der Waals surface area contributed by atoms with Crippen molar-refractivity contribution in [2.75, 3.05) is 6.61 Å². The predicted octanol–water partition coefficient (Wildman–Crippen LogP) is 2.47. The highest BCUT2D eigenvalue weighted by Crippen LogP contribution is 2.67. The molecule has 5 nitrogen and oxygen atoms in total. The Kier molecular flexibility index (Phi) is 3.81. The molecule has 4 aliphatic rings. The SMILES string of the molecule is C[C@]12C(O)=CC(=O)C=C1CC[C@@H]1[C@@H]2CC[C@@]2(C)[C@H]1CC[C@]2(O)C(=O)CO. The molecule has 0 heterocycles. The van der Waals surface area contributed by atoms with Crippen molar-refractivity contribution in [3.05, 3.63) is 23.5 Å². The van der Waals surface area contributed by atoms with Gasteiger partial charge < -0.3 is 15.3 Å². The Bertz CT molecular complexity index is 737. The van der Waals surface area contributed by atoms with Crippen LogP contribution in [0.15, 0.2) is 23.5 Å². The van der Waals surface area contributed by atoms with Crippen LogP contribution in [0.2, 0.25) is 0 Å². The van der Waals surface area contributed by atoms with E-state index >= 15 is 0 Å². The van der Waals surface area contributed by atoms with Crippen molar-refractivity contribution in [1.82, 2.24) is 0 Å². The summed E-state index contributed by atoms with van der Waals surface area (Å²) in [6.45, 7) is 3.42. The van der Waals surface area contributed by atoms with Crippen LogP contribution in [-0.4, -0.2) is 39.1 Å². The van der Waals surface area contributed by atoms with Crippen molar-refractivity contribution < 1.29 is 24.9 Å². The van der Waals surface area contributed by atoms with Crippen molar-refractivity contribution in [2.45, 2.75) is 58.0 Å². The minimum Gasteiger partial charge on any atom is -0.511 e. The Morgan fingerprint density at radius 1 is 1.15 bits per heavy atom. The predicted molar refractivity (Wildman–Crippen MR) is 95.2 cm³/mol. The van der Waals surface area contributed by atoms with E-state index in [9.17, 15) is 24.9 Å². The molecule has 0 amide bonds. The molecule has 26 heavy (non-hydrogen) atoms. The second-order valence-corrected chi connectivity index (χ2v) is 9.16. The van der Waals surface area contributed by atoms with Gasteiger partial charge in [0.05, 0.1) is 0 Å². The summed E-state index contributed by atoms with van der Waals surface area (Å²) < 4.78 is 0. The Hall–Kier alpha value is -1.46. The van der Waals surface area contributed by atoms with Crippen LogP contribution in [0.25, 0.3) is 0 Å². The number of hydrogen-bond donors (Lipinski definition) is 3. The van der Waals surface area contributed by atoms with Gasteiger partial charge in [0.1, 0.15) is 18.0 Å². The third-order valence-corrected chi connectivity index (χ3v) is 8.48. The van der Waals surface area contributed by atoms with Gasteiger partial charge in [-0.2, -0.15) is 0 Å².